The van der Waals surface area contributed by atoms with Crippen LogP contribution in [0.4, 0.5) is 5.69 Å². The lowest BCUT2D eigenvalue weighted by Gasteiger charge is -2.39. The van der Waals surface area contributed by atoms with Gasteiger partial charge in [0.05, 0.1) is 11.5 Å². The molecule has 4 rings (SSSR count). The van der Waals surface area contributed by atoms with Gasteiger partial charge in [-0.25, -0.2) is 0 Å². The first-order chi connectivity index (χ1) is 15.1. The number of carbonyl (C=O) groups is 1. The Morgan fingerprint density at radius 3 is 2.44 bits per heavy atom. The van der Waals surface area contributed by atoms with Gasteiger partial charge >= 0.3 is 0 Å². The molecule has 1 radical (unpaired) electrons. The van der Waals surface area contributed by atoms with E-state index in [-0.39, 0.29) is 11.5 Å². The van der Waals surface area contributed by atoms with Crippen molar-refractivity contribution in [2.45, 2.75) is 51.0 Å². The van der Waals surface area contributed by atoms with E-state index in [0.717, 1.165) is 27.9 Å². The smallest absolute Gasteiger partial charge is 0.233 e. The van der Waals surface area contributed by atoms with Gasteiger partial charge in [0, 0.05) is 29.2 Å². The van der Waals surface area contributed by atoms with E-state index in [4.69, 9.17) is 5.73 Å². The van der Waals surface area contributed by atoms with E-state index >= 15 is 0 Å². The van der Waals surface area contributed by atoms with E-state index in [9.17, 15) is 9.59 Å². The van der Waals surface area contributed by atoms with Crippen LogP contribution in [0.15, 0.2) is 60.9 Å². The minimum Gasteiger partial charge on any atom is -0.378 e. The largest absolute Gasteiger partial charge is 0.378 e. The van der Waals surface area contributed by atoms with Gasteiger partial charge in [-0.15, -0.1) is 0 Å². The third kappa shape index (κ3) is 3.91. The van der Waals surface area contributed by atoms with Crippen molar-refractivity contribution in [3.8, 4) is 11.1 Å². The van der Waals surface area contributed by atoms with Crippen LogP contribution < -0.4 is 11.1 Å². The van der Waals surface area contributed by atoms with Crippen LogP contribution in [0.25, 0.3) is 11.1 Å². The second-order valence-electron chi connectivity index (χ2n) is 9.79. The van der Waals surface area contributed by atoms with Crippen molar-refractivity contribution in [3.05, 3.63) is 83.2 Å². The number of pyridine rings is 1. The highest BCUT2D eigenvalue weighted by Crippen LogP contribution is 2.44. The molecule has 163 valence electrons. The SMILES string of the molecule is CC(C)(C)c1ccc(-c2cncc(C3CC(C)(C(N)=O)c4cc([C]=O)ccc4N3)c2)cc1. The molecular weight excluding hydrogens is 398 g/mol. The Balaban J connectivity index is 1.70. The summed E-state index contributed by atoms with van der Waals surface area (Å²) in [5, 5.41) is 3.50. The third-order valence-electron chi connectivity index (χ3n) is 6.46. The molecule has 1 aliphatic rings. The first kappa shape index (κ1) is 21.8. The van der Waals surface area contributed by atoms with Gasteiger partial charge in [0.1, 0.15) is 0 Å². The molecule has 3 aromatic rings. The number of hydrogen-bond donors (Lipinski definition) is 2. The van der Waals surface area contributed by atoms with Gasteiger partial charge in [-0.2, -0.15) is 0 Å². The maximum absolute atomic E-state index is 12.5. The molecule has 1 aromatic heterocycles. The summed E-state index contributed by atoms with van der Waals surface area (Å²) >= 11 is 0. The number of benzene rings is 2. The molecule has 5 heteroatoms. The predicted molar refractivity (Wildman–Crippen MR) is 127 cm³/mol. The molecule has 2 aromatic carbocycles. The fourth-order valence-corrected chi connectivity index (χ4v) is 4.35. The minimum atomic E-state index is -0.914. The van der Waals surface area contributed by atoms with Crippen LogP contribution >= 0.6 is 0 Å². The van der Waals surface area contributed by atoms with Gasteiger partial charge in [-0.1, -0.05) is 45.0 Å². The fourth-order valence-electron chi connectivity index (χ4n) is 4.35. The average Bonchev–Trinajstić information content (AvgIpc) is 2.78. The number of nitrogens with zero attached hydrogens (tertiary/aromatic N) is 1. The zero-order chi connectivity index (χ0) is 23.1. The molecule has 0 aliphatic carbocycles. The van der Waals surface area contributed by atoms with Gasteiger partial charge in [0.15, 0.2) is 0 Å². The Morgan fingerprint density at radius 2 is 1.81 bits per heavy atom. The van der Waals surface area contributed by atoms with Crippen molar-refractivity contribution in [2.24, 2.45) is 5.73 Å². The monoisotopic (exact) mass is 426 g/mol. The number of amides is 1. The highest BCUT2D eigenvalue weighted by Gasteiger charge is 2.42. The number of rotatable bonds is 4. The van der Waals surface area contributed by atoms with Crippen LogP contribution in [0.2, 0.25) is 0 Å². The van der Waals surface area contributed by atoms with Crippen LogP contribution in [0.3, 0.4) is 0 Å². The highest BCUT2D eigenvalue weighted by atomic mass is 16.1. The lowest BCUT2D eigenvalue weighted by Crippen LogP contribution is -2.44. The molecule has 0 spiro atoms. The second kappa shape index (κ2) is 7.90. The van der Waals surface area contributed by atoms with Crippen LogP contribution in [0.1, 0.15) is 62.4 Å². The van der Waals surface area contributed by atoms with E-state index in [2.05, 4.69) is 61.4 Å². The first-order valence-electron chi connectivity index (χ1n) is 10.8. The first-order valence-corrected chi connectivity index (χ1v) is 10.8. The number of nitrogens with two attached hydrogens (primary N) is 1. The molecule has 0 bridgehead atoms. The maximum Gasteiger partial charge on any atom is 0.233 e. The van der Waals surface area contributed by atoms with Gasteiger partial charge in [-0.05, 0) is 65.3 Å². The number of aromatic nitrogens is 1. The number of nitrogens with one attached hydrogen (secondary N) is 1. The summed E-state index contributed by atoms with van der Waals surface area (Å²) in [6.07, 6.45) is 6.04. The van der Waals surface area contributed by atoms with E-state index in [1.807, 2.05) is 31.7 Å². The Kier molecular flexibility index (Phi) is 5.37. The van der Waals surface area contributed by atoms with Gasteiger partial charge in [-0.3, -0.25) is 14.6 Å². The van der Waals surface area contributed by atoms with Gasteiger partial charge in [0.2, 0.25) is 12.2 Å². The molecule has 2 atom stereocenters. The number of primary amides is 1. The number of fused-ring (bicyclic) bond motifs is 1. The maximum atomic E-state index is 12.5. The van der Waals surface area contributed by atoms with Crippen LogP contribution in [-0.2, 0) is 20.4 Å². The zero-order valence-electron chi connectivity index (χ0n) is 18.9. The van der Waals surface area contributed by atoms with E-state index in [1.54, 1.807) is 12.1 Å². The summed E-state index contributed by atoms with van der Waals surface area (Å²) in [4.78, 5) is 28.1. The number of hydrogen-bond acceptors (Lipinski definition) is 4. The topological polar surface area (TPSA) is 85.1 Å². The van der Waals surface area contributed by atoms with Crippen molar-refractivity contribution in [2.75, 3.05) is 5.32 Å². The third-order valence-corrected chi connectivity index (χ3v) is 6.46. The lowest BCUT2D eigenvalue weighted by molar-refractivity contribution is -0.123. The molecule has 5 nitrogen and oxygen atoms in total. The molecule has 0 saturated carbocycles. The molecule has 32 heavy (non-hydrogen) atoms. The van der Waals surface area contributed by atoms with E-state index in [0.29, 0.717) is 12.0 Å². The summed E-state index contributed by atoms with van der Waals surface area (Å²) in [6.45, 7) is 8.42. The average molecular weight is 427 g/mol. The summed E-state index contributed by atoms with van der Waals surface area (Å²) in [6, 6.07) is 15.7. The number of anilines is 1. The van der Waals surface area contributed by atoms with Gasteiger partial charge in [0.25, 0.3) is 0 Å². The van der Waals surface area contributed by atoms with Gasteiger partial charge < -0.3 is 11.1 Å². The lowest BCUT2D eigenvalue weighted by atomic mass is 9.71. The summed E-state index contributed by atoms with van der Waals surface area (Å²) in [5.74, 6) is -0.421. The van der Waals surface area contributed by atoms with Crippen molar-refractivity contribution in [1.82, 2.24) is 4.98 Å². The molecule has 0 saturated heterocycles. The molecule has 3 N–H and O–H groups in total. The number of carbonyl (C=O) groups excluding carboxylic acids is 2. The Labute approximate surface area is 189 Å². The predicted octanol–water partition coefficient (Wildman–Crippen LogP) is 4.80. The Hall–Kier alpha value is -3.47. The zero-order valence-corrected chi connectivity index (χ0v) is 18.9. The van der Waals surface area contributed by atoms with E-state index < -0.39 is 11.3 Å². The Bertz CT molecular complexity index is 1180. The summed E-state index contributed by atoms with van der Waals surface area (Å²) in [5.41, 5.74) is 11.3. The van der Waals surface area contributed by atoms with Crippen LogP contribution in [0.5, 0.6) is 0 Å². The molecule has 1 aliphatic heterocycles. The quantitative estimate of drug-likeness (QED) is 0.627. The summed E-state index contributed by atoms with van der Waals surface area (Å²) < 4.78 is 0. The molecular formula is C27H28N3O2. The molecule has 2 heterocycles. The molecule has 2 unspecified atom stereocenters. The Morgan fingerprint density at radius 1 is 1.09 bits per heavy atom. The molecule has 0 fully saturated rings. The van der Waals surface area contributed by atoms with E-state index in [1.165, 1.54) is 5.56 Å². The summed E-state index contributed by atoms with van der Waals surface area (Å²) in [7, 11) is 0. The fraction of sp³-hybridized carbons (Fsp3) is 0.296. The van der Waals surface area contributed by atoms with Crippen molar-refractivity contribution < 1.29 is 9.59 Å². The van der Waals surface area contributed by atoms with Crippen LogP contribution in [0, 0.1) is 0 Å². The van der Waals surface area contributed by atoms with Crippen molar-refractivity contribution in [3.63, 3.8) is 0 Å². The van der Waals surface area contributed by atoms with Crippen molar-refractivity contribution >= 4 is 17.9 Å². The minimum absolute atomic E-state index is 0.0960. The molecule has 1 amide bonds. The highest BCUT2D eigenvalue weighted by molar-refractivity contribution is 5.90. The van der Waals surface area contributed by atoms with Crippen LogP contribution in [-0.4, -0.2) is 17.2 Å². The van der Waals surface area contributed by atoms with Crippen molar-refractivity contribution in [1.29, 1.82) is 0 Å². The second-order valence-corrected chi connectivity index (χ2v) is 9.79. The normalized spacial score (nSPS) is 20.2. The standard InChI is InChI=1S/C27H28N3O2/c1-26(2,3)21-8-6-18(7-9-21)19-12-20(15-29-14-19)24-13-27(4,25(28)32)22-11-17(16-31)5-10-23(22)30-24/h5-12,14-15,24,30H,13H2,1-4H3,(H2,28,32).